The fourth-order valence-electron chi connectivity index (χ4n) is 3.63. The maximum Gasteiger partial charge on any atom is 0.159 e. The summed E-state index contributed by atoms with van der Waals surface area (Å²) in [6.45, 7) is 16.1. The van der Waals surface area contributed by atoms with Crippen molar-refractivity contribution in [2.45, 2.75) is 64.6 Å². The van der Waals surface area contributed by atoms with Gasteiger partial charge in [0.2, 0.25) is 0 Å². The summed E-state index contributed by atoms with van der Waals surface area (Å²) in [4.78, 5) is 18.3. The van der Waals surface area contributed by atoms with Gasteiger partial charge in [-0.1, -0.05) is 26.6 Å². The van der Waals surface area contributed by atoms with Crippen LogP contribution in [0.1, 0.15) is 31.9 Å². The summed E-state index contributed by atoms with van der Waals surface area (Å²) in [5, 5.41) is 6.99. The molecule has 0 amide bonds. The number of aromatic nitrogens is 3. The van der Waals surface area contributed by atoms with Crippen LogP contribution in [0, 0.1) is 0 Å². The summed E-state index contributed by atoms with van der Waals surface area (Å²) in [5.74, 6) is 1.49. The number of hydrogen-bond acceptors (Lipinski definition) is 7. The first-order chi connectivity index (χ1) is 15.4. The van der Waals surface area contributed by atoms with Crippen molar-refractivity contribution in [1.82, 2.24) is 19.9 Å². The lowest BCUT2D eigenvalue weighted by Gasteiger charge is -2.25. The van der Waals surface area contributed by atoms with Gasteiger partial charge in [-0.3, -0.25) is 0 Å². The number of aliphatic imine (C=N–C) groups is 2. The lowest BCUT2D eigenvalue weighted by atomic mass is 10.1. The van der Waals surface area contributed by atoms with Crippen LogP contribution in [0.15, 0.2) is 34.6 Å². The maximum atomic E-state index is 5.89. The SMILES string of the molecule is C=Nc1c(N=C(CC)c2nccnc2NC2CCCNC2)ccn1COCC[Si](C)(C)C. The van der Waals surface area contributed by atoms with Gasteiger partial charge in [0.05, 0.1) is 5.71 Å². The van der Waals surface area contributed by atoms with E-state index >= 15 is 0 Å². The van der Waals surface area contributed by atoms with Gasteiger partial charge in [-0.05, 0) is 44.6 Å². The highest BCUT2D eigenvalue weighted by Crippen LogP contribution is 2.31. The molecule has 0 aromatic carbocycles. The van der Waals surface area contributed by atoms with Crippen molar-refractivity contribution in [2.24, 2.45) is 9.98 Å². The fraction of sp³-hybridized carbons (Fsp3) is 0.565. The van der Waals surface area contributed by atoms with Crippen molar-refractivity contribution in [2.75, 3.05) is 25.0 Å². The van der Waals surface area contributed by atoms with E-state index < -0.39 is 8.07 Å². The van der Waals surface area contributed by atoms with Crippen LogP contribution in [0.25, 0.3) is 0 Å². The molecule has 0 radical (unpaired) electrons. The van der Waals surface area contributed by atoms with Gasteiger partial charge >= 0.3 is 0 Å². The molecule has 0 aliphatic carbocycles. The molecule has 3 rings (SSSR count). The summed E-state index contributed by atoms with van der Waals surface area (Å²) >= 11 is 0. The Hall–Kier alpha value is -2.36. The van der Waals surface area contributed by atoms with Gasteiger partial charge in [0.25, 0.3) is 0 Å². The minimum Gasteiger partial charge on any atom is -0.364 e. The number of nitrogens with zero attached hydrogens (tertiary/aromatic N) is 5. The standard InChI is InChI=1S/C23H37N7OSi/c1-6-19(21-22(27-12-11-26-21)28-18-8-7-10-25-16-18)29-20-9-13-30(23(20)24-2)17-31-14-15-32(3,4)5/h9,11-13,18,25H,2,6-8,10,14-17H2,1,3-5H3,(H,27,28). The van der Waals surface area contributed by atoms with E-state index in [4.69, 9.17) is 9.73 Å². The van der Waals surface area contributed by atoms with Crippen LogP contribution in [-0.4, -0.2) is 60.8 Å². The Morgan fingerprint density at radius 2 is 2.16 bits per heavy atom. The van der Waals surface area contributed by atoms with E-state index in [-0.39, 0.29) is 0 Å². The average molecular weight is 456 g/mol. The van der Waals surface area contributed by atoms with Gasteiger partial charge in [-0.15, -0.1) is 0 Å². The summed E-state index contributed by atoms with van der Waals surface area (Å²) in [7, 11) is -1.11. The first-order valence-electron chi connectivity index (χ1n) is 11.5. The zero-order chi connectivity index (χ0) is 23.0. The summed E-state index contributed by atoms with van der Waals surface area (Å²) in [6, 6.07) is 3.43. The molecule has 2 aromatic heterocycles. The molecule has 1 unspecified atom stereocenters. The monoisotopic (exact) mass is 455 g/mol. The average Bonchev–Trinajstić information content (AvgIpc) is 3.17. The van der Waals surface area contributed by atoms with Crippen LogP contribution in [0.5, 0.6) is 0 Å². The van der Waals surface area contributed by atoms with E-state index in [1.807, 2.05) is 16.8 Å². The smallest absolute Gasteiger partial charge is 0.159 e. The molecule has 8 nitrogen and oxygen atoms in total. The molecule has 174 valence electrons. The normalized spacial score (nSPS) is 17.4. The number of ether oxygens (including phenoxy) is 1. The van der Waals surface area contributed by atoms with E-state index in [0.29, 0.717) is 18.6 Å². The quantitative estimate of drug-likeness (QED) is 0.293. The molecular weight excluding hydrogens is 418 g/mol. The van der Waals surface area contributed by atoms with Crippen LogP contribution in [0.4, 0.5) is 17.3 Å². The minimum atomic E-state index is -1.11. The fourth-order valence-corrected chi connectivity index (χ4v) is 4.38. The zero-order valence-corrected chi connectivity index (χ0v) is 20.9. The Morgan fingerprint density at radius 3 is 2.84 bits per heavy atom. The molecule has 32 heavy (non-hydrogen) atoms. The van der Waals surface area contributed by atoms with Crippen LogP contribution in [0.2, 0.25) is 25.7 Å². The number of nitrogens with one attached hydrogen (secondary N) is 2. The molecule has 1 atom stereocenters. The third-order valence-corrected chi connectivity index (χ3v) is 7.19. The largest absolute Gasteiger partial charge is 0.364 e. The minimum absolute atomic E-state index is 0.345. The molecular formula is C23H37N7OSi. The Labute approximate surface area is 192 Å². The lowest BCUT2D eigenvalue weighted by Crippen LogP contribution is -2.39. The number of hydrogen-bond donors (Lipinski definition) is 2. The van der Waals surface area contributed by atoms with Crippen LogP contribution < -0.4 is 10.6 Å². The highest BCUT2D eigenvalue weighted by molar-refractivity contribution is 6.76. The van der Waals surface area contributed by atoms with E-state index in [0.717, 1.165) is 67.9 Å². The van der Waals surface area contributed by atoms with Crippen molar-refractivity contribution >= 4 is 37.8 Å². The molecule has 1 fully saturated rings. The Balaban J connectivity index is 1.78. The molecule has 1 aliphatic rings. The second-order valence-corrected chi connectivity index (χ2v) is 15.0. The van der Waals surface area contributed by atoms with Crippen LogP contribution in [0.3, 0.4) is 0 Å². The predicted octanol–water partition coefficient (Wildman–Crippen LogP) is 4.62. The predicted molar refractivity (Wildman–Crippen MR) is 136 cm³/mol. The van der Waals surface area contributed by atoms with Crippen molar-refractivity contribution < 1.29 is 4.74 Å². The molecule has 0 spiro atoms. The summed E-state index contributed by atoms with van der Waals surface area (Å²) in [6.07, 6.45) is 8.39. The lowest BCUT2D eigenvalue weighted by molar-refractivity contribution is 0.0886. The van der Waals surface area contributed by atoms with Gasteiger partial charge in [0.15, 0.2) is 11.6 Å². The molecule has 0 bridgehead atoms. The van der Waals surface area contributed by atoms with E-state index in [9.17, 15) is 0 Å². The molecule has 2 N–H and O–H groups in total. The topological polar surface area (TPSA) is 88.7 Å². The molecule has 0 saturated carbocycles. The van der Waals surface area contributed by atoms with Gasteiger partial charge in [0, 0.05) is 45.9 Å². The van der Waals surface area contributed by atoms with Gasteiger partial charge < -0.3 is 19.9 Å². The van der Waals surface area contributed by atoms with Crippen molar-refractivity contribution in [3.8, 4) is 0 Å². The molecule has 2 aromatic rings. The maximum absolute atomic E-state index is 5.89. The van der Waals surface area contributed by atoms with E-state index in [1.165, 1.54) is 0 Å². The second-order valence-electron chi connectivity index (χ2n) is 9.35. The Bertz CT molecular complexity index is 913. The Kier molecular flexibility index (Phi) is 8.72. The van der Waals surface area contributed by atoms with Crippen molar-refractivity contribution in [1.29, 1.82) is 0 Å². The first kappa shape index (κ1) is 24.3. The second kappa shape index (κ2) is 11.5. The number of rotatable bonds is 11. The highest BCUT2D eigenvalue weighted by atomic mass is 28.3. The van der Waals surface area contributed by atoms with E-state index in [2.05, 4.69) is 58.9 Å². The van der Waals surface area contributed by atoms with Gasteiger partial charge in [0.1, 0.15) is 18.1 Å². The number of piperidine rings is 1. The summed E-state index contributed by atoms with van der Waals surface area (Å²) in [5.41, 5.74) is 2.42. The van der Waals surface area contributed by atoms with Crippen LogP contribution in [-0.2, 0) is 11.5 Å². The molecule has 1 saturated heterocycles. The van der Waals surface area contributed by atoms with E-state index in [1.54, 1.807) is 12.4 Å². The summed E-state index contributed by atoms with van der Waals surface area (Å²) < 4.78 is 7.85. The van der Waals surface area contributed by atoms with Gasteiger partial charge in [-0.25, -0.2) is 20.0 Å². The molecule has 9 heteroatoms. The third kappa shape index (κ3) is 6.82. The molecule has 3 heterocycles. The zero-order valence-electron chi connectivity index (χ0n) is 19.9. The third-order valence-electron chi connectivity index (χ3n) is 5.49. The molecule has 1 aliphatic heterocycles. The first-order valence-corrected chi connectivity index (χ1v) is 15.2. The van der Waals surface area contributed by atoms with Crippen molar-refractivity contribution in [3.63, 3.8) is 0 Å². The Morgan fingerprint density at radius 1 is 1.34 bits per heavy atom. The highest BCUT2D eigenvalue weighted by Gasteiger charge is 2.18. The van der Waals surface area contributed by atoms with Crippen molar-refractivity contribution in [3.05, 3.63) is 30.4 Å². The van der Waals surface area contributed by atoms with Gasteiger partial charge in [-0.2, -0.15) is 0 Å². The number of anilines is 1. The van der Waals surface area contributed by atoms with Crippen LogP contribution >= 0.6 is 0 Å².